The Morgan fingerprint density at radius 3 is 2.45 bits per heavy atom. The molecular formula is C18H23NO. The van der Waals surface area contributed by atoms with Crippen molar-refractivity contribution in [3.8, 4) is 0 Å². The summed E-state index contributed by atoms with van der Waals surface area (Å²) in [6, 6.07) is 17.0. The highest BCUT2D eigenvalue weighted by Crippen LogP contribution is 2.20. The van der Waals surface area contributed by atoms with Crippen LogP contribution in [0.3, 0.4) is 0 Å². The van der Waals surface area contributed by atoms with E-state index in [2.05, 4.69) is 43.4 Å². The van der Waals surface area contributed by atoms with Crippen molar-refractivity contribution in [1.29, 1.82) is 0 Å². The van der Waals surface area contributed by atoms with Crippen LogP contribution in [-0.2, 0) is 13.0 Å². The number of aliphatic hydroxyl groups excluding tert-OH is 1. The topological polar surface area (TPSA) is 32.3 Å². The smallest absolute Gasteiger partial charge is 0.0682 e. The molecule has 0 aliphatic carbocycles. The van der Waals surface area contributed by atoms with Crippen molar-refractivity contribution in [3.63, 3.8) is 0 Å². The average Bonchev–Trinajstić information content (AvgIpc) is 2.48. The van der Waals surface area contributed by atoms with Gasteiger partial charge in [-0.15, -0.1) is 0 Å². The molecule has 0 bridgehead atoms. The van der Waals surface area contributed by atoms with Crippen molar-refractivity contribution >= 4 is 5.69 Å². The van der Waals surface area contributed by atoms with Crippen LogP contribution in [0.1, 0.15) is 43.0 Å². The lowest BCUT2D eigenvalue weighted by molar-refractivity contribution is 0.282. The molecule has 0 aliphatic heterocycles. The molecule has 1 unspecified atom stereocenters. The van der Waals surface area contributed by atoms with Gasteiger partial charge in [-0.2, -0.15) is 0 Å². The van der Waals surface area contributed by atoms with Gasteiger partial charge in [0, 0.05) is 11.7 Å². The normalized spacial score (nSPS) is 12.2. The monoisotopic (exact) mass is 269 g/mol. The third kappa shape index (κ3) is 3.84. The molecule has 0 aliphatic rings. The summed E-state index contributed by atoms with van der Waals surface area (Å²) in [5.41, 5.74) is 4.65. The van der Waals surface area contributed by atoms with Crippen molar-refractivity contribution in [2.75, 3.05) is 5.32 Å². The predicted octanol–water partition coefficient (Wildman–Crippen LogP) is 4.30. The van der Waals surface area contributed by atoms with Gasteiger partial charge in [-0.3, -0.25) is 0 Å². The molecule has 0 radical (unpaired) electrons. The number of nitrogens with one attached hydrogen (secondary N) is 1. The Morgan fingerprint density at radius 2 is 1.80 bits per heavy atom. The van der Waals surface area contributed by atoms with Gasteiger partial charge in [-0.25, -0.2) is 0 Å². The van der Waals surface area contributed by atoms with Gasteiger partial charge in [0.1, 0.15) is 0 Å². The molecule has 0 fully saturated rings. The fourth-order valence-electron chi connectivity index (χ4n) is 2.35. The van der Waals surface area contributed by atoms with Gasteiger partial charge in [-0.05, 0) is 42.2 Å². The molecule has 0 saturated heterocycles. The third-order valence-corrected chi connectivity index (χ3v) is 3.51. The standard InChI is InChI=1S/C18H23NO/c1-3-5-15-8-10-17(11-9-15)14(2)19-18-7-4-6-16(12-18)13-20/h4,6-12,14,19-20H,3,5,13H2,1-2H3. The van der Waals surface area contributed by atoms with Crippen molar-refractivity contribution in [1.82, 2.24) is 0 Å². The lowest BCUT2D eigenvalue weighted by Gasteiger charge is -2.16. The molecule has 2 heteroatoms. The minimum atomic E-state index is 0.0790. The van der Waals surface area contributed by atoms with Crippen LogP contribution in [-0.4, -0.2) is 5.11 Å². The molecule has 0 spiro atoms. The number of hydrogen-bond donors (Lipinski definition) is 2. The maximum Gasteiger partial charge on any atom is 0.0682 e. The molecular weight excluding hydrogens is 246 g/mol. The van der Waals surface area contributed by atoms with Crippen molar-refractivity contribution in [2.24, 2.45) is 0 Å². The number of anilines is 1. The van der Waals surface area contributed by atoms with E-state index in [-0.39, 0.29) is 12.6 Å². The average molecular weight is 269 g/mol. The highest BCUT2D eigenvalue weighted by Gasteiger charge is 2.05. The second-order valence-electron chi connectivity index (χ2n) is 5.22. The molecule has 1 atom stereocenters. The van der Waals surface area contributed by atoms with Crippen molar-refractivity contribution in [3.05, 3.63) is 65.2 Å². The molecule has 2 aromatic rings. The minimum Gasteiger partial charge on any atom is -0.392 e. The number of rotatable bonds is 6. The van der Waals surface area contributed by atoms with Crippen molar-refractivity contribution in [2.45, 2.75) is 39.3 Å². The third-order valence-electron chi connectivity index (χ3n) is 3.51. The first kappa shape index (κ1) is 14.6. The number of hydrogen-bond acceptors (Lipinski definition) is 2. The summed E-state index contributed by atoms with van der Waals surface area (Å²) < 4.78 is 0. The summed E-state index contributed by atoms with van der Waals surface area (Å²) in [6.45, 7) is 4.43. The van der Waals surface area contributed by atoms with Crippen LogP contribution in [0, 0.1) is 0 Å². The molecule has 106 valence electrons. The van der Waals surface area contributed by atoms with Crippen LogP contribution in [0.15, 0.2) is 48.5 Å². The van der Waals surface area contributed by atoms with Crippen LogP contribution in [0.2, 0.25) is 0 Å². The summed E-state index contributed by atoms with van der Waals surface area (Å²) in [7, 11) is 0. The van der Waals surface area contributed by atoms with E-state index in [4.69, 9.17) is 5.11 Å². The molecule has 2 rings (SSSR count). The van der Waals surface area contributed by atoms with Gasteiger partial charge in [0.25, 0.3) is 0 Å². The first-order valence-electron chi connectivity index (χ1n) is 7.28. The zero-order chi connectivity index (χ0) is 14.4. The Morgan fingerprint density at radius 1 is 1.05 bits per heavy atom. The van der Waals surface area contributed by atoms with Gasteiger partial charge >= 0.3 is 0 Å². The van der Waals surface area contributed by atoms with Gasteiger partial charge in [0.2, 0.25) is 0 Å². The second kappa shape index (κ2) is 7.11. The molecule has 2 N–H and O–H groups in total. The van der Waals surface area contributed by atoms with Crippen molar-refractivity contribution < 1.29 is 5.11 Å². The van der Waals surface area contributed by atoms with E-state index in [1.165, 1.54) is 17.5 Å². The maximum atomic E-state index is 9.17. The number of benzene rings is 2. The Balaban J connectivity index is 2.05. The lowest BCUT2D eigenvalue weighted by Crippen LogP contribution is -2.06. The quantitative estimate of drug-likeness (QED) is 0.819. The fourth-order valence-corrected chi connectivity index (χ4v) is 2.35. The largest absolute Gasteiger partial charge is 0.392 e. The second-order valence-corrected chi connectivity index (χ2v) is 5.22. The SMILES string of the molecule is CCCc1ccc(C(C)Nc2cccc(CO)c2)cc1. The van der Waals surface area contributed by atoms with E-state index in [1.807, 2.05) is 24.3 Å². The van der Waals surface area contributed by atoms with Gasteiger partial charge in [-0.1, -0.05) is 49.7 Å². The first-order chi connectivity index (χ1) is 9.72. The molecule has 0 saturated carbocycles. The zero-order valence-corrected chi connectivity index (χ0v) is 12.3. The molecule has 20 heavy (non-hydrogen) atoms. The Bertz CT molecular complexity index is 533. The molecule has 0 aromatic heterocycles. The molecule has 2 nitrogen and oxygen atoms in total. The minimum absolute atomic E-state index is 0.0790. The molecule has 0 heterocycles. The highest BCUT2D eigenvalue weighted by atomic mass is 16.3. The molecule has 0 amide bonds. The van der Waals surface area contributed by atoms with E-state index in [1.54, 1.807) is 0 Å². The summed E-state index contributed by atoms with van der Waals surface area (Å²) in [5, 5.41) is 12.6. The van der Waals surface area contributed by atoms with E-state index in [0.29, 0.717) is 0 Å². The summed E-state index contributed by atoms with van der Waals surface area (Å²) in [4.78, 5) is 0. The number of aliphatic hydroxyl groups is 1. The highest BCUT2D eigenvalue weighted by molar-refractivity contribution is 5.47. The van der Waals surface area contributed by atoms with Gasteiger partial charge in [0.15, 0.2) is 0 Å². The molecule has 2 aromatic carbocycles. The van der Waals surface area contributed by atoms with Gasteiger partial charge < -0.3 is 10.4 Å². The lowest BCUT2D eigenvalue weighted by atomic mass is 10.0. The van der Waals surface area contributed by atoms with Crippen LogP contribution in [0.4, 0.5) is 5.69 Å². The summed E-state index contributed by atoms with van der Waals surface area (Å²) in [5.74, 6) is 0. The van der Waals surface area contributed by atoms with Crippen LogP contribution < -0.4 is 5.32 Å². The van der Waals surface area contributed by atoms with E-state index in [0.717, 1.165) is 17.7 Å². The number of aryl methyl sites for hydroxylation is 1. The van der Waals surface area contributed by atoms with Gasteiger partial charge in [0.05, 0.1) is 6.61 Å². The van der Waals surface area contributed by atoms with Crippen LogP contribution in [0.25, 0.3) is 0 Å². The summed E-state index contributed by atoms with van der Waals surface area (Å²) >= 11 is 0. The Hall–Kier alpha value is -1.80. The predicted molar refractivity (Wildman–Crippen MR) is 84.8 cm³/mol. The van der Waals surface area contributed by atoms with E-state index in [9.17, 15) is 0 Å². The Labute approximate surface area is 121 Å². The maximum absolute atomic E-state index is 9.17. The zero-order valence-electron chi connectivity index (χ0n) is 12.3. The Kier molecular flexibility index (Phi) is 5.19. The van der Waals surface area contributed by atoms with E-state index < -0.39 is 0 Å². The van der Waals surface area contributed by atoms with Crippen LogP contribution in [0.5, 0.6) is 0 Å². The fraction of sp³-hybridized carbons (Fsp3) is 0.333. The summed E-state index contributed by atoms with van der Waals surface area (Å²) in [6.07, 6.45) is 2.32. The van der Waals surface area contributed by atoms with Crippen LogP contribution >= 0.6 is 0 Å². The van der Waals surface area contributed by atoms with E-state index >= 15 is 0 Å². The first-order valence-corrected chi connectivity index (χ1v) is 7.28.